The summed E-state index contributed by atoms with van der Waals surface area (Å²) in [4.78, 5) is 23.4. The van der Waals surface area contributed by atoms with Crippen molar-refractivity contribution in [2.75, 3.05) is 28.3 Å². The average Bonchev–Trinajstić information content (AvgIpc) is 2.78. The minimum absolute atomic E-state index is 0.212. The van der Waals surface area contributed by atoms with Crippen molar-refractivity contribution in [1.29, 1.82) is 0 Å². The molecule has 18 heavy (non-hydrogen) atoms. The van der Waals surface area contributed by atoms with Crippen LogP contribution in [0.25, 0.3) is 0 Å². The Balaban J connectivity index is 3.16. The van der Waals surface area contributed by atoms with E-state index in [2.05, 4.69) is 19.8 Å². The third-order valence-electron chi connectivity index (χ3n) is 1.80. The van der Waals surface area contributed by atoms with E-state index in [4.69, 9.17) is 0 Å². The number of nitrogens with zero attached hydrogens (tertiary/aromatic N) is 3. The van der Waals surface area contributed by atoms with Crippen LogP contribution in [0.5, 0.6) is 0 Å². The van der Waals surface area contributed by atoms with Gasteiger partial charge in [-0.05, 0) is 6.07 Å². The molecular weight excluding hydrogens is 258 g/mol. The van der Waals surface area contributed by atoms with E-state index in [1.165, 1.54) is 25.3 Å². The number of methoxy groups -OCH3 is 2. The number of carbonyl (C=O) groups excluding carboxylic acids is 2. The van der Waals surface area contributed by atoms with Crippen LogP contribution in [0, 0.1) is 0 Å². The molecule has 1 aromatic heterocycles. The Kier molecular flexibility index (Phi) is 4.78. The van der Waals surface area contributed by atoms with Gasteiger partial charge in [0, 0.05) is 14.1 Å². The van der Waals surface area contributed by atoms with Crippen LogP contribution in [0.1, 0.15) is 19.3 Å². The molecule has 0 radical (unpaired) electrons. The zero-order valence-electron chi connectivity index (χ0n) is 10.5. The number of rotatable bonds is 4. The summed E-state index contributed by atoms with van der Waals surface area (Å²) in [6.45, 7) is 0. The van der Waals surface area contributed by atoms with Gasteiger partial charge in [0.2, 0.25) is 0 Å². The minimum Gasteiger partial charge on any atom is -0.465 e. The van der Waals surface area contributed by atoms with Crippen molar-refractivity contribution in [3.05, 3.63) is 15.8 Å². The number of ether oxygens (including phenoxy) is 2. The molecule has 0 saturated heterocycles. The standard InChI is InChI=1S/C10H13N3O4S/c1-13(2)12-11-6-5-7(9(14)16-3)18-8(6)10(15)17-4/h5H,1-4H3. The van der Waals surface area contributed by atoms with Gasteiger partial charge in [-0.25, -0.2) is 9.59 Å². The van der Waals surface area contributed by atoms with Gasteiger partial charge in [0.05, 0.1) is 14.2 Å². The van der Waals surface area contributed by atoms with E-state index in [0.717, 1.165) is 11.3 Å². The lowest BCUT2D eigenvalue weighted by molar-refractivity contribution is 0.0600. The van der Waals surface area contributed by atoms with Gasteiger partial charge in [-0.1, -0.05) is 5.22 Å². The van der Waals surface area contributed by atoms with Crippen LogP contribution in [0.2, 0.25) is 0 Å². The highest BCUT2D eigenvalue weighted by Gasteiger charge is 2.20. The summed E-state index contributed by atoms with van der Waals surface area (Å²) in [6.07, 6.45) is 0. The second-order valence-corrected chi connectivity index (χ2v) is 4.40. The first kappa shape index (κ1) is 14.1. The van der Waals surface area contributed by atoms with Gasteiger partial charge >= 0.3 is 11.9 Å². The maximum atomic E-state index is 11.5. The number of hydrogen-bond acceptors (Lipinski definition) is 7. The summed E-state index contributed by atoms with van der Waals surface area (Å²) in [5.41, 5.74) is 0.279. The van der Waals surface area contributed by atoms with Crippen molar-refractivity contribution in [3.8, 4) is 0 Å². The maximum absolute atomic E-state index is 11.5. The van der Waals surface area contributed by atoms with E-state index < -0.39 is 11.9 Å². The highest BCUT2D eigenvalue weighted by Crippen LogP contribution is 2.31. The zero-order chi connectivity index (χ0) is 13.7. The molecule has 0 saturated carbocycles. The Bertz CT molecular complexity index is 481. The number of esters is 2. The monoisotopic (exact) mass is 271 g/mol. The largest absolute Gasteiger partial charge is 0.465 e. The lowest BCUT2D eigenvalue weighted by Gasteiger charge is -2.00. The third kappa shape index (κ3) is 3.27. The van der Waals surface area contributed by atoms with E-state index in [1.54, 1.807) is 14.1 Å². The summed E-state index contributed by atoms with van der Waals surface area (Å²) in [5.74, 6) is -1.10. The Morgan fingerprint density at radius 1 is 1.22 bits per heavy atom. The van der Waals surface area contributed by atoms with Gasteiger partial charge in [-0.15, -0.1) is 16.5 Å². The molecule has 0 aromatic carbocycles. The molecule has 0 aliphatic rings. The molecule has 0 atom stereocenters. The van der Waals surface area contributed by atoms with E-state index in [9.17, 15) is 9.59 Å². The second-order valence-electron chi connectivity index (χ2n) is 3.34. The Morgan fingerprint density at radius 3 is 2.33 bits per heavy atom. The van der Waals surface area contributed by atoms with Crippen molar-refractivity contribution < 1.29 is 19.1 Å². The average molecular weight is 271 g/mol. The normalized spacial score (nSPS) is 10.4. The van der Waals surface area contributed by atoms with E-state index in [1.807, 2.05) is 0 Å². The van der Waals surface area contributed by atoms with Crippen molar-refractivity contribution in [1.82, 2.24) is 5.01 Å². The van der Waals surface area contributed by atoms with Crippen LogP contribution in [-0.4, -0.2) is 45.3 Å². The molecular formula is C10H13N3O4S. The summed E-state index contributed by atoms with van der Waals surface area (Å²) in [5, 5.41) is 9.11. The maximum Gasteiger partial charge on any atom is 0.350 e. The van der Waals surface area contributed by atoms with Gasteiger partial charge in [-0.3, -0.25) is 5.01 Å². The summed E-state index contributed by atoms with van der Waals surface area (Å²) in [6, 6.07) is 1.44. The van der Waals surface area contributed by atoms with Gasteiger partial charge in [0.15, 0.2) is 0 Å². The van der Waals surface area contributed by atoms with Crippen LogP contribution in [0.15, 0.2) is 16.4 Å². The van der Waals surface area contributed by atoms with Crippen LogP contribution in [0.3, 0.4) is 0 Å². The third-order valence-corrected chi connectivity index (χ3v) is 2.89. The van der Waals surface area contributed by atoms with Crippen molar-refractivity contribution in [2.45, 2.75) is 0 Å². The van der Waals surface area contributed by atoms with Crippen LogP contribution in [-0.2, 0) is 9.47 Å². The fourth-order valence-electron chi connectivity index (χ4n) is 1.03. The summed E-state index contributed by atoms with van der Waals surface area (Å²) in [7, 11) is 5.90. The fourth-order valence-corrected chi connectivity index (χ4v) is 1.96. The first-order valence-electron chi connectivity index (χ1n) is 4.89. The lowest BCUT2D eigenvalue weighted by Crippen LogP contribution is -2.00. The SMILES string of the molecule is COC(=O)c1cc(N=NN(C)C)c(C(=O)OC)s1. The van der Waals surface area contributed by atoms with Crippen molar-refractivity contribution in [3.63, 3.8) is 0 Å². The second kappa shape index (κ2) is 6.10. The molecule has 0 spiro atoms. The number of thiophene rings is 1. The predicted octanol–water partition coefficient (Wildman–Crippen LogP) is 1.88. The van der Waals surface area contributed by atoms with Gasteiger partial charge in [0.25, 0.3) is 0 Å². The molecule has 0 unspecified atom stereocenters. The van der Waals surface area contributed by atoms with Gasteiger partial charge in [0.1, 0.15) is 15.4 Å². The highest BCUT2D eigenvalue weighted by atomic mass is 32.1. The first-order chi connectivity index (χ1) is 8.49. The van der Waals surface area contributed by atoms with Crippen LogP contribution in [0.4, 0.5) is 5.69 Å². The molecule has 0 aliphatic carbocycles. The Hall–Kier alpha value is -1.96. The van der Waals surface area contributed by atoms with Gasteiger partial charge < -0.3 is 9.47 Å². The molecule has 8 heteroatoms. The lowest BCUT2D eigenvalue weighted by atomic mass is 10.3. The molecule has 0 amide bonds. The molecule has 0 fully saturated rings. The van der Waals surface area contributed by atoms with Crippen molar-refractivity contribution in [2.24, 2.45) is 10.3 Å². The summed E-state index contributed by atoms with van der Waals surface area (Å²) < 4.78 is 9.19. The highest BCUT2D eigenvalue weighted by molar-refractivity contribution is 7.16. The Labute approximate surface area is 108 Å². The first-order valence-corrected chi connectivity index (χ1v) is 5.70. The molecule has 1 heterocycles. The predicted molar refractivity (Wildman–Crippen MR) is 65.2 cm³/mol. The molecule has 0 aliphatic heterocycles. The quantitative estimate of drug-likeness (QED) is 0.474. The molecule has 1 rings (SSSR count). The smallest absolute Gasteiger partial charge is 0.350 e. The van der Waals surface area contributed by atoms with Crippen molar-refractivity contribution >= 4 is 29.0 Å². The topological polar surface area (TPSA) is 80.6 Å². The zero-order valence-corrected chi connectivity index (χ0v) is 11.3. The molecule has 7 nitrogen and oxygen atoms in total. The molecule has 1 aromatic rings. The van der Waals surface area contributed by atoms with Crippen LogP contribution < -0.4 is 0 Å². The fraction of sp³-hybridized carbons (Fsp3) is 0.400. The van der Waals surface area contributed by atoms with Gasteiger partial charge in [-0.2, -0.15) is 0 Å². The van der Waals surface area contributed by atoms with E-state index in [0.29, 0.717) is 0 Å². The summed E-state index contributed by atoms with van der Waals surface area (Å²) >= 11 is 0.955. The molecule has 98 valence electrons. The van der Waals surface area contributed by atoms with E-state index in [-0.39, 0.29) is 15.4 Å². The van der Waals surface area contributed by atoms with Crippen LogP contribution >= 0.6 is 11.3 Å². The number of hydrogen-bond donors (Lipinski definition) is 0. The Morgan fingerprint density at radius 2 is 1.83 bits per heavy atom. The molecule has 0 N–H and O–H groups in total. The minimum atomic E-state index is -0.567. The number of carbonyl (C=O) groups is 2. The molecule has 0 bridgehead atoms. The van der Waals surface area contributed by atoms with E-state index >= 15 is 0 Å².